The normalized spacial score (nSPS) is 21.1. The Bertz CT molecular complexity index is 809. The lowest BCUT2D eigenvalue weighted by Crippen LogP contribution is -2.40. The lowest BCUT2D eigenvalue weighted by atomic mass is 9.73. The number of likely N-dealkylation sites (tertiary alicyclic amines) is 1. The maximum absolute atomic E-state index is 13.2. The van der Waals surface area contributed by atoms with Crippen LogP contribution in [0.4, 0.5) is 0 Å². The molecule has 1 unspecified atom stereocenters. The first-order chi connectivity index (χ1) is 13.6. The van der Waals surface area contributed by atoms with Gasteiger partial charge in [0.25, 0.3) is 5.91 Å². The average molecular weight is 383 g/mol. The van der Waals surface area contributed by atoms with Crippen molar-refractivity contribution in [2.45, 2.75) is 44.6 Å². The minimum absolute atomic E-state index is 0.0198. The average Bonchev–Trinajstić information content (AvgIpc) is 3.31. The fourth-order valence-corrected chi connectivity index (χ4v) is 4.76. The molecule has 1 aliphatic heterocycles. The van der Waals surface area contributed by atoms with Gasteiger partial charge in [-0.2, -0.15) is 5.10 Å². The molecule has 2 aromatic rings. The molecule has 150 valence electrons. The largest absolute Gasteiger partial charge is 0.497 e. The quantitative estimate of drug-likeness (QED) is 0.790. The van der Waals surface area contributed by atoms with Crippen molar-refractivity contribution in [3.05, 3.63) is 42.2 Å². The molecule has 1 aromatic carbocycles. The van der Waals surface area contributed by atoms with E-state index in [-0.39, 0.29) is 17.4 Å². The number of methoxy groups -OCH3 is 1. The van der Waals surface area contributed by atoms with Crippen LogP contribution in [0.2, 0.25) is 0 Å². The molecular formula is C22H29N3O3. The third-order valence-corrected chi connectivity index (χ3v) is 6.22. The first-order valence-corrected chi connectivity index (χ1v) is 10.2. The van der Waals surface area contributed by atoms with Crippen molar-refractivity contribution in [3.63, 3.8) is 0 Å². The Kier molecular flexibility index (Phi) is 5.29. The van der Waals surface area contributed by atoms with Gasteiger partial charge in [-0.1, -0.05) is 19.3 Å². The molecule has 1 atom stereocenters. The molecule has 2 aliphatic rings. The van der Waals surface area contributed by atoms with Gasteiger partial charge in [-0.3, -0.25) is 9.48 Å². The second kappa shape index (κ2) is 7.86. The number of benzene rings is 1. The van der Waals surface area contributed by atoms with Crippen LogP contribution in [0.5, 0.6) is 11.5 Å². The highest BCUT2D eigenvalue weighted by molar-refractivity contribution is 5.92. The summed E-state index contributed by atoms with van der Waals surface area (Å²) in [6, 6.07) is 9.49. The number of aromatic nitrogens is 2. The van der Waals surface area contributed by atoms with Gasteiger partial charge in [-0.15, -0.1) is 0 Å². The van der Waals surface area contributed by atoms with Crippen LogP contribution in [0, 0.1) is 5.41 Å². The summed E-state index contributed by atoms with van der Waals surface area (Å²) < 4.78 is 13.0. The molecule has 6 nitrogen and oxygen atoms in total. The minimum atomic E-state index is 0.0198. The molecule has 4 rings (SSSR count). The van der Waals surface area contributed by atoms with E-state index < -0.39 is 0 Å². The number of hydrogen-bond donors (Lipinski definition) is 0. The molecule has 6 heteroatoms. The SMILES string of the molecule is COc1ccc(OCC2CC3(CCCCC3)CN2C(=O)c2ccn(C)n2)cc1. The molecule has 2 fully saturated rings. The fourth-order valence-electron chi connectivity index (χ4n) is 4.76. The summed E-state index contributed by atoms with van der Waals surface area (Å²) in [5, 5.41) is 4.33. The van der Waals surface area contributed by atoms with Crippen LogP contribution in [0.25, 0.3) is 0 Å². The second-order valence-electron chi connectivity index (χ2n) is 8.21. The standard InChI is InChI=1S/C22H29N3O3/c1-24-13-10-20(23-24)21(26)25-16-22(11-4-3-5-12-22)14-17(25)15-28-19-8-6-18(27-2)7-9-19/h6-10,13,17H,3-5,11-12,14-16H2,1-2H3. The zero-order valence-electron chi connectivity index (χ0n) is 16.8. The molecule has 1 amide bonds. The van der Waals surface area contributed by atoms with Crippen molar-refractivity contribution in [3.8, 4) is 11.5 Å². The van der Waals surface area contributed by atoms with Crippen molar-refractivity contribution in [2.24, 2.45) is 12.5 Å². The van der Waals surface area contributed by atoms with Gasteiger partial charge in [-0.25, -0.2) is 0 Å². The van der Waals surface area contributed by atoms with E-state index in [0.29, 0.717) is 12.3 Å². The Labute approximate surface area is 166 Å². The molecular weight excluding hydrogens is 354 g/mol. The summed E-state index contributed by atoms with van der Waals surface area (Å²) in [7, 11) is 3.49. The summed E-state index contributed by atoms with van der Waals surface area (Å²) in [6.07, 6.45) is 9.08. The third kappa shape index (κ3) is 3.86. The molecule has 0 N–H and O–H groups in total. The van der Waals surface area contributed by atoms with Crippen LogP contribution < -0.4 is 9.47 Å². The summed E-state index contributed by atoms with van der Waals surface area (Å²) in [5.41, 5.74) is 0.765. The van der Waals surface area contributed by atoms with Crippen LogP contribution in [0.3, 0.4) is 0 Å². The van der Waals surface area contributed by atoms with Crippen molar-refractivity contribution in [2.75, 3.05) is 20.3 Å². The van der Waals surface area contributed by atoms with Gasteiger partial charge in [0, 0.05) is 19.8 Å². The number of hydrogen-bond acceptors (Lipinski definition) is 4. The maximum atomic E-state index is 13.2. The van der Waals surface area contributed by atoms with E-state index >= 15 is 0 Å². The molecule has 1 spiro atoms. The number of aryl methyl sites for hydroxylation is 1. The zero-order valence-corrected chi connectivity index (χ0v) is 16.8. The number of amides is 1. The minimum Gasteiger partial charge on any atom is -0.497 e. The van der Waals surface area contributed by atoms with Crippen LogP contribution >= 0.6 is 0 Å². The highest BCUT2D eigenvalue weighted by Gasteiger charge is 2.46. The van der Waals surface area contributed by atoms with Crippen LogP contribution in [0.15, 0.2) is 36.5 Å². The monoisotopic (exact) mass is 383 g/mol. The van der Waals surface area contributed by atoms with E-state index in [4.69, 9.17) is 9.47 Å². The highest BCUT2D eigenvalue weighted by Crippen LogP contribution is 2.46. The van der Waals surface area contributed by atoms with E-state index in [9.17, 15) is 4.79 Å². The Hall–Kier alpha value is -2.50. The number of rotatable bonds is 5. The van der Waals surface area contributed by atoms with Crippen LogP contribution in [-0.2, 0) is 7.05 Å². The number of ether oxygens (including phenoxy) is 2. The maximum Gasteiger partial charge on any atom is 0.274 e. The van der Waals surface area contributed by atoms with E-state index in [1.807, 2.05) is 42.4 Å². The third-order valence-electron chi connectivity index (χ3n) is 6.22. The Balaban J connectivity index is 1.50. The molecule has 1 aliphatic carbocycles. The predicted molar refractivity (Wildman–Crippen MR) is 107 cm³/mol. The zero-order chi connectivity index (χ0) is 19.6. The lowest BCUT2D eigenvalue weighted by molar-refractivity contribution is 0.0667. The number of nitrogens with zero attached hydrogens (tertiary/aromatic N) is 3. The van der Waals surface area contributed by atoms with Gasteiger partial charge in [0.2, 0.25) is 0 Å². The molecule has 0 bridgehead atoms. The summed E-state index contributed by atoms with van der Waals surface area (Å²) in [4.78, 5) is 15.2. The predicted octanol–water partition coefficient (Wildman–Crippen LogP) is 3.67. The molecule has 1 aromatic heterocycles. The van der Waals surface area contributed by atoms with Gasteiger partial charge < -0.3 is 14.4 Å². The van der Waals surface area contributed by atoms with E-state index in [0.717, 1.165) is 24.5 Å². The molecule has 28 heavy (non-hydrogen) atoms. The lowest BCUT2D eigenvalue weighted by Gasteiger charge is -2.33. The van der Waals surface area contributed by atoms with Crippen molar-refractivity contribution < 1.29 is 14.3 Å². The smallest absolute Gasteiger partial charge is 0.274 e. The molecule has 1 saturated heterocycles. The van der Waals surface area contributed by atoms with Crippen LogP contribution in [-0.4, -0.2) is 46.9 Å². The Morgan fingerprint density at radius 3 is 2.50 bits per heavy atom. The van der Waals surface area contributed by atoms with Crippen molar-refractivity contribution in [1.29, 1.82) is 0 Å². The van der Waals surface area contributed by atoms with Crippen LogP contribution in [0.1, 0.15) is 49.0 Å². The highest BCUT2D eigenvalue weighted by atomic mass is 16.5. The van der Waals surface area contributed by atoms with Gasteiger partial charge in [-0.05, 0) is 55.0 Å². The molecule has 0 radical (unpaired) electrons. The van der Waals surface area contributed by atoms with Gasteiger partial charge >= 0.3 is 0 Å². The fraction of sp³-hybridized carbons (Fsp3) is 0.545. The molecule has 2 heterocycles. The topological polar surface area (TPSA) is 56.6 Å². The van der Waals surface area contributed by atoms with Crippen molar-refractivity contribution in [1.82, 2.24) is 14.7 Å². The summed E-state index contributed by atoms with van der Waals surface area (Å²) in [6.45, 7) is 1.33. The van der Waals surface area contributed by atoms with Gasteiger partial charge in [0.05, 0.1) is 13.2 Å². The Morgan fingerprint density at radius 1 is 1.14 bits per heavy atom. The van der Waals surface area contributed by atoms with Gasteiger partial charge in [0.1, 0.15) is 23.8 Å². The van der Waals surface area contributed by atoms with E-state index in [2.05, 4.69) is 5.10 Å². The van der Waals surface area contributed by atoms with E-state index in [1.54, 1.807) is 17.9 Å². The number of carbonyl (C=O) groups excluding carboxylic acids is 1. The first-order valence-electron chi connectivity index (χ1n) is 10.2. The summed E-state index contributed by atoms with van der Waals surface area (Å²) >= 11 is 0. The second-order valence-corrected chi connectivity index (χ2v) is 8.21. The molecule has 1 saturated carbocycles. The van der Waals surface area contributed by atoms with E-state index in [1.165, 1.54) is 32.1 Å². The number of carbonyl (C=O) groups is 1. The summed E-state index contributed by atoms with van der Waals surface area (Å²) in [5.74, 6) is 1.63. The Morgan fingerprint density at radius 2 is 1.86 bits per heavy atom. The van der Waals surface area contributed by atoms with Crippen molar-refractivity contribution >= 4 is 5.91 Å². The first kappa shape index (κ1) is 18.8. The van der Waals surface area contributed by atoms with Gasteiger partial charge in [0.15, 0.2) is 0 Å².